The first-order valence-electron chi connectivity index (χ1n) is 6.90. The Morgan fingerprint density at radius 2 is 2.21 bits per heavy atom. The van der Waals surface area contributed by atoms with Crippen LogP contribution in [0.25, 0.3) is 0 Å². The molecule has 2 atom stereocenters. The van der Waals surface area contributed by atoms with E-state index in [1.54, 1.807) is 0 Å². The molecule has 104 valence electrons. The van der Waals surface area contributed by atoms with Gasteiger partial charge in [-0.2, -0.15) is 11.8 Å². The average Bonchev–Trinajstić information content (AvgIpc) is 2.47. The fourth-order valence-electron chi connectivity index (χ4n) is 2.36. The van der Waals surface area contributed by atoms with E-state index >= 15 is 0 Å². The molecule has 0 radical (unpaired) electrons. The molecule has 0 aliphatic carbocycles. The molecule has 4 heteroatoms. The van der Waals surface area contributed by atoms with E-state index in [2.05, 4.69) is 6.92 Å². The van der Waals surface area contributed by atoms with Crippen molar-refractivity contribution in [1.82, 2.24) is 4.90 Å². The molecule has 1 aliphatic heterocycles. The van der Waals surface area contributed by atoms with Gasteiger partial charge in [0.25, 0.3) is 0 Å². The molecule has 1 aliphatic rings. The maximum absolute atomic E-state index is 12.4. The molecule has 1 aromatic carbocycles. The number of thioether (sulfide) groups is 1. The van der Waals surface area contributed by atoms with Crippen LogP contribution in [0.4, 0.5) is 0 Å². The summed E-state index contributed by atoms with van der Waals surface area (Å²) in [6.45, 7) is 3.86. The van der Waals surface area contributed by atoms with Crippen LogP contribution in [-0.4, -0.2) is 40.9 Å². The quantitative estimate of drug-likeness (QED) is 0.915. The van der Waals surface area contributed by atoms with Gasteiger partial charge in [0.2, 0.25) is 5.91 Å². The lowest BCUT2D eigenvalue weighted by Crippen LogP contribution is -2.49. The summed E-state index contributed by atoms with van der Waals surface area (Å²) in [4.78, 5) is 14.3. The molecule has 0 aromatic heterocycles. The number of benzene rings is 1. The maximum atomic E-state index is 12.4. The minimum absolute atomic E-state index is 0.0996. The lowest BCUT2D eigenvalue weighted by molar-refractivity contribution is -0.132. The van der Waals surface area contributed by atoms with Crippen molar-refractivity contribution in [2.75, 3.05) is 18.8 Å². The summed E-state index contributed by atoms with van der Waals surface area (Å²) in [5, 5.41) is 0.571. The number of carbonyl (C=O) groups excluding carboxylic acids is 1. The highest BCUT2D eigenvalue weighted by Crippen LogP contribution is 2.21. The number of nitrogens with zero attached hydrogens (tertiary/aromatic N) is 1. The van der Waals surface area contributed by atoms with Gasteiger partial charge in [-0.3, -0.25) is 4.79 Å². The lowest BCUT2D eigenvalue weighted by Gasteiger charge is -2.33. The molecule has 1 saturated heterocycles. The van der Waals surface area contributed by atoms with Crippen LogP contribution in [0.2, 0.25) is 0 Å². The number of amides is 1. The zero-order chi connectivity index (χ0) is 13.7. The Morgan fingerprint density at radius 1 is 1.47 bits per heavy atom. The fraction of sp³-hybridized carbons (Fsp3) is 0.533. The minimum Gasteiger partial charge on any atom is -0.339 e. The van der Waals surface area contributed by atoms with Crippen LogP contribution in [-0.2, 0) is 11.2 Å². The molecular weight excluding hydrogens is 256 g/mol. The summed E-state index contributed by atoms with van der Waals surface area (Å²) in [5.41, 5.74) is 7.20. The van der Waals surface area contributed by atoms with Gasteiger partial charge in [-0.1, -0.05) is 37.3 Å². The van der Waals surface area contributed by atoms with Crippen molar-refractivity contribution in [3.8, 4) is 0 Å². The first-order chi connectivity index (χ1) is 9.20. The molecule has 3 nitrogen and oxygen atoms in total. The number of rotatable bonds is 4. The van der Waals surface area contributed by atoms with Gasteiger partial charge in [0, 0.05) is 24.1 Å². The van der Waals surface area contributed by atoms with Crippen molar-refractivity contribution in [3.05, 3.63) is 35.9 Å². The topological polar surface area (TPSA) is 46.3 Å². The van der Waals surface area contributed by atoms with Crippen molar-refractivity contribution in [1.29, 1.82) is 0 Å². The summed E-state index contributed by atoms with van der Waals surface area (Å²) < 4.78 is 0. The van der Waals surface area contributed by atoms with Gasteiger partial charge in [0.1, 0.15) is 0 Å². The Bertz CT molecular complexity index is 410. The van der Waals surface area contributed by atoms with E-state index in [4.69, 9.17) is 5.73 Å². The third kappa shape index (κ3) is 3.98. The SMILES string of the molecule is CC[C@H]1CN(C(=O)[C@@H](N)Cc2ccccc2)CCS1. The van der Waals surface area contributed by atoms with Crippen molar-refractivity contribution in [3.63, 3.8) is 0 Å². The third-order valence-electron chi connectivity index (χ3n) is 3.52. The lowest BCUT2D eigenvalue weighted by atomic mass is 10.1. The normalized spacial score (nSPS) is 21.2. The average molecular weight is 278 g/mol. The Labute approximate surface area is 119 Å². The molecule has 1 fully saturated rings. The molecule has 1 heterocycles. The summed E-state index contributed by atoms with van der Waals surface area (Å²) in [6.07, 6.45) is 1.74. The summed E-state index contributed by atoms with van der Waals surface area (Å²) in [5.74, 6) is 1.13. The first kappa shape index (κ1) is 14.4. The first-order valence-corrected chi connectivity index (χ1v) is 7.95. The van der Waals surface area contributed by atoms with Crippen molar-refractivity contribution in [2.45, 2.75) is 31.1 Å². The van der Waals surface area contributed by atoms with Gasteiger partial charge in [0.15, 0.2) is 0 Å². The summed E-state index contributed by atoms with van der Waals surface area (Å²) in [6, 6.07) is 9.57. The Morgan fingerprint density at radius 3 is 2.89 bits per heavy atom. The number of nitrogens with two attached hydrogens (primary N) is 1. The van der Waals surface area contributed by atoms with Crippen LogP contribution in [0.5, 0.6) is 0 Å². The number of carbonyl (C=O) groups is 1. The van der Waals surface area contributed by atoms with Crippen molar-refractivity contribution < 1.29 is 4.79 Å². The van der Waals surface area contributed by atoms with Crippen LogP contribution in [0, 0.1) is 0 Å². The van der Waals surface area contributed by atoms with Crippen LogP contribution in [0.1, 0.15) is 18.9 Å². The zero-order valence-electron chi connectivity index (χ0n) is 11.4. The molecule has 0 spiro atoms. The van der Waals surface area contributed by atoms with Crippen LogP contribution in [0.15, 0.2) is 30.3 Å². The largest absolute Gasteiger partial charge is 0.339 e. The highest BCUT2D eigenvalue weighted by atomic mass is 32.2. The highest BCUT2D eigenvalue weighted by Gasteiger charge is 2.26. The van der Waals surface area contributed by atoms with E-state index in [0.717, 1.165) is 30.8 Å². The summed E-state index contributed by atoms with van der Waals surface area (Å²) >= 11 is 1.97. The smallest absolute Gasteiger partial charge is 0.239 e. The van der Waals surface area contributed by atoms with E-state index in [1.807, 2.05) is 47.0 Å². The zero-order valence-corrected chi connectivity index (χ0v) is 12.2. The fourth-order valence-corrected chi connectivity index (χ4v) is 3.54. The monoisotopic (exact) mass is 278 g/mol. The van der Waals surface area contributed by atoms with E-state index in [0.29, 0.717) is 11.7 Å². The van der Waals surface area contributed by atoms with E-state index in [9.17, 15) is 4.79 Å². The number of hydrogen-bond acceptors (Lipinski definition) is 3. The van der Waals surface area contributed by atoms with E-state index in [-0.39, 0.29) is 5.91 Å². The van der Waals surface area contributed by atoms with Gasteiger partial charge in [-0.05, 0) is 18.4 Å². The summed E-state index contributed by atoms with van der Waals surface area (Å²) in [7, 11) is 0. The predicted molar refractivity (Wildman–Crippen MR) is 81.2 cm³/mol. The standard InChI is InChI=1S/C15H22N2OS/c1-2-13-11-17(8-9-19-13)15(18)14(16)10-12-6-4-3-5-7-12/h3-7,13-14H,2,8-11,16H2,1H3/t13-,14-/m0/s1. The Kier molecular flexibility index (Phi) is 5.28. The maximum Gasteiger partial charge on any atom is 0.239 e. The Balaban J connectivity index is 1.91. The molecule has 19 heavy (non-hydrogen) atoms. The van der Waals surface area contributed by atoms with Gasteiger partial charge in [0.05, 0.1) is 6.04 Å². The van der Waals surface area contributed by atoms with Crippen molar-refractivity contribution >= 4 is 17.7 Å². The molecule has 1 amide bonds. The molecule has 2 N–H and O–H groups in total. The number of hydrogen-bond donors (Lipinski definition) is 1. The molecule has 1 aromatic rings. The van der Waals surface area contributed by atoms with Crippen LogP contribution < -0.4 is 5.73 Å². The predicted octanol–water partition coefficient (Wildman–Crippen LogP) is 1.91. The molecule has 2 rings (SSSR count). The molecule has 0 bridgehead atoms. The second-order valence-corrected chi connectivity index (χ2v) is 6.39. The van der Waals surface area contributed by atoms with Crippen molar-refractivity contribution in [2.24, 2.45) is 5.73 Å². The second-order valence-electron chi connectivity index (χ2n) is 4.98. The van der Waals surface area contributed by atoms with E-state index < -0.39 is 6.04 Å². The van der Waals surface area contributed by atoms with E-state index in [1.165, 1.54) is 0 Å². The molecule has 0 saturated carbocycles. The van der Waals surface area contributed by atoms with Gasteiger partial charge in [-0.15, -0.1) is 0 Å². The third-order valence-corrected chi connectivity index (χ3v) is 4.89. The van der Waals surface area contributed by atoms with Gasteiger partial charge in [-0.25, -0.2) is 0 Å². The van der Waals surface area contributed by atoms with Crippen LogP contribution in [0.3, 0.4) is 0 Å². The molecule has 0 unspecified atom stereocenters. The van der Waals surface area contributed by atoms with Gasteiger partial charge >= 0.3 is 0 Å². The second kappa shape index (κ2) is 6.96. The highest BCUT2D eigenvalue weighted by molar-refractivity contribution is 8.00. The minimum atomic E-state index is -0.414. The van der Waals surface area contributed by atoms with Crippen LogP contribution >= 0.6 is 11.8 Å². The van der Waals surface area contributed by atoms with Gasteiger partial charge < -0.3 is 10.6 Å². The Hall–Kier alpha value is -1.00. The molecular formula is C15H22N2OS.